The van der Waals surface area contributed by atoms with E-state index in [1.54, 1.807) is 37.2 Å². The Bertz CT molecular complexity index is 975. The fraction of sp³-hybridized carbons (Fsp3) is 0.158. The van der Waals surface area contributed by atoms with E-state index in [1.807, 2.05) is 12.1 Å². The van der Waals surface area contributed by atoms with Crippen molar-refractivity contribution in [1.82, 2.24) is 9.78 Å². The number of anilines is 1. The third kappa shape index (κ3) is 4.11. The van der Waals surface area contributed by atoms with Crippen LogP contribution in [0.15, 0.2) is 53.1 Å². The number of methoxy groups -OCH3 is 2. The minimum absolute atomic E-state index is 0.196. The molecule has 3 aromatic rings. The second-order valence-corrected chi connectivity index (χ2v) is 6.46. The van der Waals surface area contributed by atoms with Crippen LogP contribution in [-0.2, 0) is 6.54 Å². The van der Waals surface area contributed by atoms with Crippen LogP contribution in [0, 0.1) is 5.82 Å². The average Bonchev–Trinajstić information content (AvgIpc) is 3.09. The van der Waals surface area contributed by atoms with Gasteiger partial charge in [0.2, 0.25) is 0 Å². The number of carbonyl (C=O) groups excluding carboxylic acids is 1. The summed E-state index contributed by atoms with van der Waals surface area (Å²) < 4.78 is 26.3. The number of aromatic nitrogens is 2. The monoisotopic (exact) mass is 433 g/mol. The number of rotatable bonds is 6. The van der Waals surface area contributed by atoms with E-state index >= 15 is 0 Å². The molecule has 8 heteroatoms. The van der Waals surface area contributed by atoms with Gasteiger partial charge in [0.1, 0.15) is 11.6 Å². The predicted octanol–water partition coefficient (Wildman–Crippen LogP) is 4.10. The predicted molar refractivity (Wildman–Crippen MR) is 103 cm³/mol. The van der Waals surface area contributed by atoms with Crippen molar-refractivity contribution in [2.24, 2.45) is 0 Å². The Labute approximate surface area is 164 Å². The molecular formula is C19H17BrFN3O3. The van der Waals surface area contributed by atoms with Crippen LogP contribution in [0.5, 0.6) is 11.5 Å². The number of nitrogens with one attached hydrogen (secondary N) is 1. The van der Waals surface area contributed by atoms with Gasteiger partial charge < -0.3 is 14.8 Å². The third-order valence-corrected chi connectivity index (χ3v) is 4.63. The number of carbonyl (C=O) groups is 1. The highest BCUT2D eigenvalue weighted by Crippen LogP contribution is 2.31. The van der Waals surface area contributed by atoms with Crippen LogP contribution in [-0.4, -0.2) is 29.9 Å². The number of amides is 1. The van der Waals surface area contributed by atoms with Crippen LogP contribution < -0.4 is 14.8 Å². The fourth-order valence-electron chi connectivity index (χ4n) is 2.66. The second kappa shape index (κ2) is 8.22. The molecule has 1 aromatic heterocycles. The molecule has 1 amide bonds. The average molecular weight is 434 g/mol. The zero-order valence-corrected chi connectivity index (χ0v) is 16.3. The molecule has 0 bridgehead atoms. The van der Waals surface area contributed by atoms with Gasteiger partial charge in [0, 0.05) is 16.1 Å². The summed E-state index contributed by atoms with van der Waals surface area (Å²) in [4.78, 5) is 12.5. The number of benzene rings is 2. The molecule has 0 saturated heterocycles. The molecule has 0 atom stereocenters. The van der Waals surface area contributed by atoms with Crippen molar-refractivity contribution >= 4 is 27.7 Å². The first-order valence-corrected chi connectivity index (χ1v) is 8.81. The fourth-order valence-corrected chi connectivity index (χ4v) is 3.09. The summed E-state index contributed by atoms with van der Waals surface area (Å²) >= 11 is 3.26. The molecule has 1 heterocycles. The molecule has 6 nitrogen and oxygen atoms in total. The maximum atomic E-state index is 13.5. The lowest BCUT2D eigenvalue weighted by atomic mass is 10.2. The SMILES string of the molecule is COc1cccc(Cn2nccc2NC(=O)c2cc(F)ccc2Br)c1OC. The van der Waals surface area contributed by atoms with Crippen molar-refractivity contribution in [1.29, 1.82) is 0 Å². The molecule has 2 aromatic carbocycles. The topological polar surface area (TPSA) is 65.4 Å². The molecule has 0 radical (unpaired) electrons. The van der Waals surface area contributed by atoms with Crippen molar-refractivity contribution in [2.45, 2.75) is 6.54 Å². The summed E-state index contributed by atoms with van der Waals surface area (Å²) in [5.74, 6) is 0.747. The summed E-state index contributed by atoms with van der Waals surface area (Å²) in [6, 6.07) is 11.1. The maximum absolute atomic E-state index is 13.5. The van der Waals surface area contributed by atoms with E-state index < -0.39 is 11.7 Å². The first kappa shape index (κ1) is 18.9. The summed E-state index contributed by atoms with van der Waals surface area (Å²) in [6.45, 7) is 0.354. The highest BCUT2D eigenvalue weighted by molar-refractivity contribution is 9.10. The molecule has 0 fully saturated rings. The summed E-state index contributed by atoms with van der Waals surface area (Å²) in [6.07, 6.45) is 1.57. The zero-order chi connectivity index (χ0) is 19.4. The molecule has 0 aliphatic heterocycles. The van der Waals surface area contributed by atoms with Crippen molar-refractivity contribution in [3.63, 3.8) is 0 Å². The van der Waals surface area contributed by atoms with Gasteiger partial charge in [-0.1, -0.05) is 12.1 Å². The van der Waals surface area contributed by atoms with Crippen molar-refractivity contribution in [2.75, 3.05) is 19.5 Å². The number of hydrogen-bond donors (Lipinski definition) is 1. The first-order chi connectivity index (χ1) is 13.0. The molecule has 3 rings (SSSR count). The van der Waals surface area contributed by atoms with Crippen molar-refractivity contribution in [3.8, 4) is 11.5 Å². The van der Waals surface area contributed by atoms with Crippen molar-refractivity contribution in [3.05, 3.63) is 70.1 Å². The Morgan fingerprint density at radius 3 is 2.78 bits per heavy atom. The molecule has 1 N–H and O–H groups in total. The van der Waals surface area contributed by atoms with E-state index in [4.69, 9.17) is 9.47 Å². The van der Waals surface area contributed by atoms with Gasteiger partial charge in [0.25, 0.3) is 5.91 Å². The summed E-state index contributed by atoms with van der Waals surface area (Å²) in [5, 5.41) is 7.00. The Kier molecular flexibility index (Phi) is 5.75. The Balaban J connectivity index is 1.85. The normalized spacial score (nSPS) is 10.5. The van der Waals surface area contributed by atoms with Gasteiger partial charge in [-0.15, -0.1) is 0 Å². The van der Waals surface area contributed by atoms with Crippen LogP contribution in [0.4, 0.5) is 10.2 Å². The highest BCUT2D eigenvalue weighted by Gasteiger charge is 2.16. The van der Waals surface area contributed by atoms with Gasteiger partial charge in [-0.3, -0.25) is 4.79 Å². The van der Waals surface area contributed by atoms with E-state index in [1.165, 1.54) is 18.2 Å². The standard InChI is InChI=1S/C19H17BrFN3O3/c1-26-16-5-3-4-12(18(16)27-2)11-24-17(8-9-22-24)23-19(25)14-10-13(21)6-7-15(14)20/h3-10H,11H2,1-2H3,(H,23,25). The lowest BCUT2D eigenvalue weighted by Crippen LogP contribution is -2.17. The molecule has 27 heavy (non-hydrogen) atoms. The van der Waals surface area contributed by atoms with Gasteiger partial charge >= 0.3 is 0 Å². The maximum Gasteiger partial charge on any atom is 0.258 e. The zero-order valence-electron chi connectivity index (χ0n) is 14.7. The Hall–Kier alpha value is -2.87. The van der Waals surface area contributed by atoms with Crippen LogP contribution >= 0.6 is 15.9 Å². The minimum Gasteiger partial charge on any atom is -0.493 e. The van der Waals surface area contributed by atoms with E-state index in [0.29, 0.717) is 28.3 Å². The van der Waals surface area contributed by atoms with Gasteiger partial charge in [-0.05, 0) is 40.2 Å². The largest absolute Gasteiger partial charge is 0.493 e. The van der Waals surface area contributed by atoms with Crippen LogP contribution in [0.25, 0.3) is 0 Å². The molecule has 0 aliphatic rings. The first-order valence-electron chi connectivity index (χ1n) is 8.01. The molecule has 0 spiro atoms. The van der Waals surface area contributed by atoms with Crippen LogP contribution in [0.2, 0.25) is 0 Å². The number of hydrogen-bond acceptors (Lipinski definition) is 4. The lowest BCUT2D eigenvalue weighted by Gasteiger charge is -2.14. The lowest BCUT2D eigenvalue weighted by molar-refractivity contribution is 0.102. The number of para-hydroxylation sites is 1. The Morgan fingerprint density at radius 1 is 1.22 bits per heavy atom. The molecule has 0 saturated carbocycles. The summed E-state index contributed by atoms with van der Waals surface area (Å²) in [7, 11) is 3.13. The van der Waals surface area contributed by atoms with E-state index in [-0.39, 0.29) is 5.56 Å². The van der Waals surface area contributed by atoms with E-state index in [9.17, 15) is 9.18 Å². The number of nitrogens with zero attached hydrogens (tertiary/aromatic N) is 2. The quantitative estimate of drug-likeness (QED) is 0.635. The van der Waals surface area contributed by atoms with E-state index in [0.717, 1.165) is 5.56 Å². The molecule has 0 aliphatic carbocycles. The molecule has 0 unspecified atom stereocenters. The van der Waals surface area contributed by atoms with Crippen molar-refractivity contribution < 1.29 is 18.7 Å². The highest BCUT2D eigenvalue weighted by atomic mass is 79.9. The minimum atomic E-state index is -0.488. The smallest absolute Gasteiger partial charge is 0.258 e. The van der Waals surface area contributed by atoms with Gasteiger partial charge in [0.05, 0.1) is 32.5 Å². The second-order valence-electron chi connectivity index (χ2n) is 5.61. The Morgan fingerprint density at radius 2 is 2.04 bits per heavy atom. The third-order valence-electron chi connectivity index (χ3n) is 3.94. The van der Waals surface area contributed by atoms with Crippen LogP contribution in [0.1, 0.15) is 15.9 Å². The number of halogens is 2. The van der Waals surface area contributed by atoms with E-state index in [2.05, 4.69) is 26.3 Å². The van der Waals surface area contributed by atoms with Gasteiger partial charge in [-0.25, -0.2) is 9.07 Å². The van der Waals surface area contributed by atoms with Gasteiger partial charge in [-0.2, -0.15) is 5.10 Å². The summed E-state index contributed by atoms with van der Waals surface area (Å²) in [5.41, 5.74) is 1.03. The van der Waals surface area contributed by atoms with Gasteiger partial charge in [0.15, 0.2) is 11.5 Å². The van der Waals surface area contributed by atoms with Crippen LogP contribution in [0.3, 0.4) is 0 Å². The number of ether oxygens (including phenoxy) is 2. The molecule has 140 valence electrons. The molecular weight excluding hydrogens is 417 g/mol.